The van der Waals surface area contributed by atoms with E-state index < -0.39 is 0 Å². The topological polar surface area (TPSA) is 105 Å². The molecule has 3 aromatic heterocycles. The Morgan fingerprint density at radius 3 is 2.85 bits per heavy atom. The Kier molecular flexibility index (Phi) is 6.67. The fourth-order valence-electron chi connectivity index (χ4n) is 5.48. The molecule has 10 heteroatoms. The maximum atomic E-state index is 14.2. The summed E-state index contributed by atoms with van der Waals surface area (Å²) in [4.78, 5) is 44.2. The molecule has 1 atom stereocenters. The molecule has 1 N–H and O–H groups in total. The van der Waals surface area contributed by atoms with E-state index in [9.17, 15) is 9.59 Å². The van der Waals surface area contributed by atoms with Crippen LogP contribution in [0, 0.1) is 6.92 Å². The van der Waals surface area contributed by atoms with Gasteiger partial charge in [-0.15, -0.1) is 0 Å². The molecule has 0 radical (unpaired) electrons. The lowest BCUT2D eigenvalue weighted by molar-refractivity contribution is -0.114. The van der Waals surface area contributed by atoms with Crippen LogP contribution >= 0.6 is 0 Å². The quantitative estimate of drug-likeness (QED) is 0.362. The van der Waals surface area contributed by atoms with Crippen LogP contribution in [0.25, 0.3) is 11.0 Å². The summed E-state index contributed by atoms with van der Waals surface area (Å²) in [6.07, 6.45) is 7.22. The fraction of sp³-hybridized carbons (Fsp3) is 0.300. The predicted octanol–water partition coefficient (Wildman–Crippen LogP) is 4.86. The Bertz CT molecular complexity index is 1680. The van der Waals surface area contributed by atoms with Gasteiger partial charge >= 0.3 is 0 Å². The van der Waals surface area contributed by atoms with Gasteiger partial charge < -0.3 is 19.9 Å². The highest BCUT2D eigenvalue weighted by Gasteiger charge is 2.30. The first-order valence-electron chi connectivity index (χ1n) is 13.5. The Labute approximate surface area is 231 Å². The van der Waals surface area contributed by atoms with Crippen LogP contribution in [0.3, 0.4) is 0 Å². The molecule has 0 unspecified atom stereocenters. The molecule has 40 heavy (non-hydrogen) atoms. The third-order valence-corrected chi connectivity index (χ3v) is 7.42. The molecule has 0 fully saturated rings. The molecular weight excluding hydrogens is 506 g/mol. The number of ether oxygens (including phenoxy) is 1. The predicted molar refractivity (Wildman–Crippen MR) is 156 cm³/mol. The van der Waals surface area contributed by atoms with Crippen molar-refractivity contribution in [3.05, 3.63) is 77.4 Å². The van der Waals surface area contributed by atoms with Crippen LogP contribution < -0.4 is 25.4 Å². The summed E-state index contributed by atoms with van der Waals surface area (Å²) >= 11 is 0. The minimum absolute atomic E-state index is 0.0165. The van der Waals surface area contributed by atoms with Crippen molar-refractivity contribution < 1.29 is 9.53 Å². The van der Waals surface area contributed by atoms with Crippen molar-refractivity contribution >= 4 is 45.6 Å². The number of amides is 1. The lowest BCUT2D eigenvalue weighted by Gasteiger charge is -2.38. The van der Waals surface area contributed by atoms with Crippen molar-refractivity contribution in [2.75, 3.05) is 28.2 Å². The maximum absolute atomic E-state index is 14.2. The zero-order chi connectivity index (χ0) is 27.8. The van der Waals surface area contributed by atoms with E-state index in [1.54, 1.807) is 21.9 Å². The molecule has 10 nitrogen and oxygen atoms in total. The number of fused-ring (bicyclic) bond motifs is 4. The second-order valence-corrected chi connectivity index (χ2v) is 10.2. The zero-order valence-corrected chi connectivity index (χ0v) is 22.6. The van der Waals surface area contributed by atoms with Crippen molar-refractivity contribution in [3.8, 4) is 5.88 Å². The van der Waals surface area contributed by atoms with Gasteiger partial charge in [-0.2, -0.15) is 4.98 Å². The van der Waals surface area contributed by atoms with Crippen LogP contribution in [0.1, 0.15) is 31.7 Å². The maximum Gasteiger partial charge on any atom is 0.276 e. The largest absolute Gasteiger partial charge is 0.475 e. The average Bonchev–Trinajstić information content (AvgIpc) is 2.95. The van der Waals surface area contributed by atoms with Gasteiger partial charge in [0.1, 0.15) is 11.3 Å². The molecule has 0 spiro atoms. The number of nitrogens with one attached hydrogen (secondary N) is 1. The van der Waals surface area contributed by atoms with Crippen molar-refractivity contribution in [1.82, 2.24) is 19.5 Å². The van der Waals surface area contributed by atoms with E-state index in [2.05, 4.69) is 21.9 Å². The van der Waals surface area contributed by atoms with E-state index in [0.29, 0.717) is 42.8 Å². The summed E-state index contributed by atoms with van der Waals surface area (Å²) in [6.45, 7) is 9.08. The zero-order valence-electron chi connectivity index (χ0n) is 22.6. The SMILES string of the molecule is C=CC(=O)N1CCN(c2cc3cnc4nc3n(c2=O)CCCC[C@H](C)Oc2cc(ccn2)N4)c2cccc(C)c21. The molecule has 0 saturated heterocycles. The molecule has 4 aromatic rings. The minimum atomic E-state index is -0.160. The van der Waals surface area contributed by atoms with Crippen molar-refractivity contribution in [3.63, 3.8) is 0 Å². The number of para-hydroxylation sites is 1. The Hall–Kier alpha value is -4.73. The monoisotopic (exact) mass is 537 g/mol. The number of anilines is 5. The van der Waals surface area contributed by atoms with E-state index in [1.807, 2.05) is 55.1 Å². The Balaban J connectivity index is 1.48. The van der Waals surface area contributed by atoms with Gasteiger partial charge in [-0.05, 0) is 62.9 Å². The van der Waals surface area contributed by atoms with Crippen LogP contribution in [0.4, 0.5) is 28.7 Å². The van der Waals surface area contributed by atoms with Gasteiger partial charge in [0.15, 0.2) is 0 Å². The molecule has 2 aliphatic rings. The van der Waals surface area contributed by atoms with Crippen LogP contribution in [0.2, 0.25) is 0 Å². The summed E-state index contributed by atoms with van der Waals surface area (Å²) < 4.78 is 7.76. The van der Waals surface area contributed by atoms with Crippen LogP contribution in [0.5, 0.6) is 5.88 Å². The number of carbonyl (C=O) groups is 1. The van der Waals surface area contributed by atoms with Gasteiger partial charge in [0.2, 0.25) is 11.8 Å². The van der Waals surface area contributed by atoms with Crippen LogP contribution in [-0.4, -0.2) is 44.6 Å². The first-order chi connectivity index (χ1) is 19.4. The molecule has 0 saturated carbocycles. The van der Waals surface area contributed by atoms with E-state index in [1.165, 1.54) is 6.08 Å². The molecule has 204 valence electrons. The standard InChI is InChI=1S/C30H31N7O3/c1-4-26(38)36-15-14-35(23-10-7-8-19(2)27(23)36)24-16-21-18-32-30-33-22-11-12-31-25(17-22)40-20(3)9-5-6-13-37(29(24)39)28(21)34-30/h4,7-8,10-12,16-18,20H,1,5-6,9,13-15H2,2-3H3,(H,32,33,34)/t20-/m0/s1. The van der Waals surface area contributed by atoms with Gasteiger partial charge in [0.25, 0.3) is 11.5 Å². The third kappa shape index (κ3) is 4.66. The summed E-state index contributed by atoms with van der Waals surface area (Å²) in [5.41, 5.74) is 4.28. The number of carbonyl (C=O) groups excluding carboxylic acids is 1. The van der Waals surface area contributed by atoms with Crippen LogP contribution in [-0.2, 0) is 11.3 Å². The van der Waals surface area contributed by atoms with Gasteiger partial charge in [-0.25, -0.2) is 9.97 Å². The number of benzene rings is 1. The van der Waals surface area contributed by atoms with Crippen molar-refractivity contribution in [1.29, 1.82) is 0 Å². The summed E-state index contributed by atoms with van der Waals surface area (Å²) in [6, 6.07) is 11.4. The number of rotatable bonds is 2. The highest BCUT2D eigenvalue weighted by atomic mass is 16.5. The Morgan fingerprint density at radius 1 is 1.12 bits per heavy atom. The molecule has 1 amide bonds. The average molecular weight is 538 g/mol. The lowest BCUT2D eigenvalue weighted by Crippen LogP contribution is -2.44. The van der Waals surface area contributed by atoms with E-state index in [0.717, 1.165) is 47.3 Å². The third-order valence-electron chi connectivity index (χ3n) is 7.42. The smallest absolute Gasteiger partial charge is 0.276 e. The highest BCUT2D eigenvalue weighted by molar-refractivity contribution is 6.05. The van der Waals surface area contributed by atoms with Gasteiger partial charge in [-0.3, -0.25) is 14.2 Å². The van der Waals surface area contributed by atoms with Gasteiger partial charge in [0, 0.05) is 49.2 Å². The minimum Gasteiger partial charge on any atom is -0.475 e. The summed E-state index contributed by atoms with van der Waals surface area (Å²) in [7, 11) is 0. The lowest BCUT2D eigenvalue weighted by atomic mass is 10.1. The molecule has 0 aliphatic carbocycles. The second-order valence-electron chi connectivity index (χ2n) is 10.2. The molecule has 4 bridgehead atoms. The number of aryl methyl sites for hydroxylation is 2. The summed E-state index contributed by atoms with van der Waals surface area (Å²) in [5.74, 6) is 0.766. The van der Waals surface area contributed by atoms with Gasteiger partial charge in [0.05, 0.1) is 17.5 Å². The second kappa shape index (κ2) is 10.4. The number of aromatic nitrogens is 4. The summed E-state index contributed by atoms with van der Waals surface area (Å²) in [5, 5.41) is 3.98. The number of nitrogens with zero attached hydrogens (tertiary/aromatic N) is 6. The van der Waals surface area contributed by atoms with E-state index in [4.69, 9.17) is 9.72 Å². The Morgan fingerprint density at radius 2 is 2.00 bits per heavy atom. The fourth-order valence-corrected chi connectivity index (χ4v) is 5.48. The number of hydrogen-bond acceptors (Lipinski definition) is 8. The van der Waals surface area contributed by atoms with Crippen molar-refractivity contribution in [2.24, 2.45) is 0 Å². The first-order valence-corrected chi connectivity index (χ1v) is 13.5. The van der Waals surface area contributed by atoms with E-state index in [-0.39, 0.29) is 17.6 Å². The van der Waals surface area contributed by atoms with Gasteiger partial charge in [-0.1, -0.05) is 18.7 Å². The molecule has 5 heterocycles. The van der Waals surface area contributed by atoms with Crippen molar-refractivity contribution in [2.45, 2.75) is 45.8 Å². The normalized spacial score (nSPS) is 17.0. The molecule has 2 aliphatic heterocycles. The van der Waals surface area contributed by atoms with Crippen LogP contribution in [0.15, 0.2) is 66.2 Å². The molecule has 1 aromatic carbocycles. The van der Waals surface area contributed by atoms with E-state index >= 15 is 0 Å². The highest BCUT2D eigenvalue weighted by Crippen LogP contribution is 2.39. The first kappa shape index (κ1) is 25.5. The number of pyridine rings is 2. The number of hydrogen-bond donors (Lipinski definition) is 1. The molecular formula is C30H31N7O3. The molecule has 6 rings (SSSR count).